The molecule has 2 heterocycles. The molecule has 0 aromatic heterocycles. The minimum Gasteiger partial charge on any atom is -0.454 e. The number of halogens is 1. The molecule has 0 saturated carbocycles. The highest BCUT2D eigenvalue weighted by Gasteiger charge is 2.35. The van der Waals surface area contributed by atoms with Crippen LogP contribution >= 0.6 is 0 Å². The molecular weight excluding hydrogens is 335 g/mol. The van der Waals surface area contributed by atoms with Crippen LogP contribution in [0.3, 0.4) is 0 Å². The number of nitriles is 1. The van der Waals surface area contributed by atoms with Crippen LogP contribution in [0.25, 0.3) is 0 Å². The largest absolute Gasteiger partial charge is 0.454 e. The van der Waals surface area contributed by atoms with Gasteiger partial charge in [0.05, 0.1) is 5.69 Å². The Morgan fingerprint density at radius 2 is 1.92 bits per heavy atom. The molecule has 1 N–H and O–H groups in total. The molecule has 0 unspecified atom stereocenters. The number of nitrogens with one attached hydrogen (secondary N) is 1. The van der Waals surface area contributed by atoms with E-state index in [4.69, 9.17) is 14.2 Å². The van der Waals surface area contributed by atoms with Crippen LogP contribution in [0, 0.1) is 17.1 Å². The Morgan fingerprint density at radius 3 is 2.73 bits per heavy atom. The maximum atomic E-state index is 13.9. The molecular formula is C20H19FN2O3. The lowest BCUT2D eigenvalue weighted by Gasteiger charge is -2.38. The van der Waals surface area contributed by atoms with Gasteiger partial charge in [0.1, 0.15) is 17.4 Å². The Labute approximate surface area is 151 Å². The summed E-state index contributed by atoms with van der Waals surface area (Å²) in [6, 6.07) is 12.6. The maximum absolute atomic E-state index is 13.9. The lowest BCUT2D eigenvalue weighted by Crippen LogP contribution is -2.40. The molecule has 134 valence electrons. The van der Waals surface area contributed by atoms with Gasteiger partial charge in [0, 0.05) is 25.2 Å². The van der Waals surface area contributed by atoms with E-state index in [1.165, 1.54) is 6.07 Å². The van der Waals surface area contributed by atoms with Gasteiger partial charge < -0.3 is 19.5 Å². The fourth-order valence-corrected chi connectivity index (χ4v) is 3.61. The Hall–Kier alpha value is -2.78. The topological polar surface area (TPSA) is 63.5 Å². The first-order valence-electron chi connectivity index (χ1n) is 8.62. The van der Waals surface area contributed by atoms with Gasteiger partial charge in [0.2, 0.25) is 6.79 Å². The van der Waals surface area contributed by atoms with Crippen molar-refractivity contribution in [2.75, 3.05) is 31.9 Å². The van der Waals surface area contributed by atoms with Crippen LogP contribution in [0.15, 0.2) is 36.4 Å². The zero-order valence-corrected chi connectivity index (χ0v) is 14.3. The molecule has 4 rings (SSSR count). The number of fused-ring (bicyclic) bond motifs is 1. The van der Waals surface area contributed by atoms with Crippen molar-refractivity contribution >= 4 is 5.69 Å². The van der Waals surface area contributed by atoms with Crippen LogP contribution in [-0.4, -0.2) is 26.6 Å². The van der Waals surface area contributed by atoms with Crippen molar-refractivity contribution in [3.63, 3.8) is 0 Å². The highest BCUT2D eigenvalue weighted by molar-refractivity contribution is 5.58. The zero-order chi connectivity index (χ0) is 18.0. The molecule has 0 spiro atoms. The second-order valence-corrected chi connectivity index (χ2v) is 6.59. The smallest absolute Gasteiger partial charge is 0.231 e. The standard InChI is InChI=1S/C20H19FN2O3/c21-16-2-1-3-17(15(16)11-22)23-12-20(6-8-24-9-7-20)14-4-5-18-19(10-14)26-13-25-18/h1-5,10,23H,6-9,12-13H2. The van der Waals surface area contributed by atoms with Crippen molar-refractivity contribution in [1.29, 1.82) is 5.26 Å². The van der Waals surface area contributed by atoms with Gasteiger partial charge >= 0.3 is 0 Å². The third-order valence-electron chi connectivity index (χ3n) is 5.18. The molecule has 0 bridgehead atoms. The number of benzene rings is 2. The van der Waals surface area contributed by atoms with E-state index in [-0.39, 0.29) is 17.8 Å². The summed E-state index contributed by atoms with van der Waals surface area (Å²) in [5.41, 5.74) is 1.50. The SMILES string of the molecule is N#Cc1c(F)cccc1NCC1(c2ccc3c(c2)OCO3)CCOCC1. The lowest BCUT2D eigenvalue weighted by atomic mass is 9.74. The summed E-state index contributed by atoms with van der Waals surface area (Å²) in [5, 5.41) is 12.5. The van der Waals surface area contributed by atoms with Gasteiger partial charge in [-0.1, -0.05) is 12.1 Å². The minimum absolute atomic E-state index is 0.0420. The average molecular weight is 354 g/mol. The van der Waals surface area contributed by atoms with E-state index in [0.717, 1.165) is 29.9 Å². The van der Waals surface area contributed by atoms with Crippen LogP contribution in [0.2, 0.25) is 0 Å². The van der Waals surface area contributed by atoms with E-state index in [2.05, 4.69) is 11.4 Å². The van der Waals surface area contributed by atoms with Crippen LogP contribution in [0.5, 0.6) is 11.5 Å². The Balaban J connectivity index is 1.64. The number of hydrogen-bond donors (Lipinski definition) is 1. The molecule has 2 aromatic rings. The van der Waals surface area contributed by atoms with Gasteiger partial charge in [0.15, 0.2) is 11.5 Å². The van der Waals surface area contributed by atoms with Crippen LogP contribution in [-0.2, 0) is 10.2 Å². The van der Waals surface area contributed by atoms with Crippen LogP contribution in [0.4, 0.5) is 10.1 Å². The average Bonchev–Trinajstić information content (AvgIpc) is 3.15. The van der Waals surface area contributed by atoms with Crippen molar-refractivity contribution in [1.82, 2.24) is 0 Å². The molecule has 2 aliphatic heterocycles. The van der Waals surface area contributed by atoms with Gasteiger partial charge in [-0.25, -0.2) is 4.39 Å². The lowest BCUT2D eigenvalue weighted by molar-refractivity contribution is 0.0543. The van der Waals surface area contributed by atoms with Crippen LogP contribution in [0.1, 0.15) is 24.0 Å². The molecule has 1 fully saturated rings. The van der Waals surface area contributed by atoms with Gasteiger partial charge in [-0.15, -0.1) is 0 Å². The minimum atomic E-state index is -0.512. The van der Waals surface area contributed by atoms with E-state index in [1.54, 1.807) is 12.1 Å². The third kappa shape index (κ3) is 2.95. The maximum Gasteiger partial charge on any atom is 0.231 e. The van der Waals surface area contributed by atoms with Gasteiger partial charge in [-0.05, 0) is 42.7 Å². The predicted molar refractivity (Wildman–Crippen MR) is 93.9 cm³/mol. The number of anilines is 1. The summed E-state index contributed by atoms with van der Waals surface area (Å²) < 4.78 is 30.4. The first-order chi connectivity index (χ1) is 12.7. The molecule has 0 aliphatic carbocycles. The Morgan fingerprint density at radius 1 is 1.12 bits per heavy atom. The monoisotopic (exact) mass is 354 g/mol. The van der Waals surface area contributed by atoms with Crippen molar-refractivity contribution in [3.8, 4) is 17.6 Å². The molecule has 26 heavy (non-hydrogen) atoms. The van der Waals surface area contributed by atoms with E-state index >= 15 is 0 Å². The molecule has 1 saturated heterocycles. The van der Waals surface area contributed by atoms with E-state index in [0.29, 0.717) is 25.4 Å². The van der Waals surface area contributed by atoms with Gasteiger partial charge in [0.25, 0.3) is 0 Å². The zero-order valence-electron chi connectivity index (χ0n) is 14.3. The predicted octanol–water partition coefficient (Wildman–Crippen LogP) is 3.59. The fraction of sp³-hybridized carbons (Fsp3) is 0.350. The summed E-state index contributed by atoms with van der Waals surface area (Å²) in [6.45, 7) is 2.13. The molecule has 2 aromatic carbocycles. The summed E-state index contributed by atoms with van der Waals surface area (Å²) >= 11 is 0. The van der Waals surface area contributed by atoms with Crippen molar-refractivity contribution in [2.24, 2.45) is 0 Å². The summed E-state index contributed by atoms with van der Waals surface area (Å²) in [5.74, 6) is 0.985. The molecule has 6 heteroatoms. The van der Waals surface area contributed by atoms with E-state index in [1.807, 2.05) is 18.2 Å². The van der Waals surface area contributed by atoms with Crippen molar-refractivity contribution in [2.45, 2.75) is 18.3 Å². The van der Waals surface area contributed by atoms with Gasteiger partial charge in [-0.3, -0.25) is 0 Å². The molecule has 5 nitrogen and oxygen atoms in total. The second-order valence-electron chi connectivity index (χ2n) is 6.59. The first-order valence-corrected chi connectivity index (χ1v) is 8.62. The molecule has 0 atom stereocenters. The Bertz CT molecular complexity index is 857. The highest BCUT2D eigenvalue weighted by Crippen LogP contribution is 2.41. The normalized spacial score (nSPS) is 17.5. The molecule has 0 radical (unpaired) electrons. The third-order valence-corrected chi connectivity index (χ3v) is 5.18. The van der Waals surface area contributed by atoms with Crippen molar-refractivity contribution < 1.29 is 18.6 Å². The summed E-state index contributed by atoms with van der Waals surface area (Å²) in [7, 11) is 0. The number of rotatable bonds is 4. The van der Waals surface area contributed by atoms with Gasteiger partial charge in [-0.2, -0.15) is 5.26 Å². The van der Waals surface area contributed by atoms with Crippen molar-refractivity contribution in [3.05, 3.63) is 53.3 Å². The van der Waals surface area contributed by atoms with E-state index < -0.39 is 5.82 Å². The number of ether oxygens (including phenoxy) is 3. The quantitative estimate of drug-likeness (QED) is 0.909. The van der Waals surface area contributed by atoms with E-state index in [9.17, 15) is 9.65 Å². The van der Waals surface area contributed by atoms with Crippen LogP contribution < -0.4 is 14.8 Å². The summed E-state index contributed by atoms with van der Waals surface area (Å²) in [6.07, 6.45) is 1.66. The number of hydrogen-bond acceptors (Lipinski definition) is 5. The fourth-order valence-electron chi connectivity index (χ4n) is 3.61. The number of nitrogens with zero attached hydrogens (tertiary/aromatic N) is 1. The summed E-state index contributed by atoms with van der Waals surface area (Å²) in [4.78, 5) is 0. The second kappa shape index (κ2) is 6.85. The first kappa shape index (κ1) is 16.7. The molecule has 0 amide bonds. The highest BCUT2D eigenvalue weighted by atomic mass is 19.1. The molecule has 2 aliphatic rings. The Kier molecular flexibility index (Phi) is 4.39.